The summed E-state index contributed by atoms with van der Waals surface area (Å²) < 4.78 is 10.5. The first-order valence-electron chi connectivity index (χ1n) is 5.58. The number of rotatable bonds is 6. The van der Waals surface area contributed by atoms with Crippen molar-refractivity contribution < 1.29 is 9.47 Å². The van der Waals surface area contributed by atoms with Crippen molar-refractivity contribution in [2.24, 2.45) is 0 Å². The molecule has 1 atom stereocenters. The van der Waals surface area contributed by atoms with Crippen molar-refractivity contribution in [3.63, 3.8) is 0 Å². The second-order valence-electron chi connectivity index (χ2n) is 3.95. The first kappa shape index (κ1) is 12.8. The van der Waals surface area contributed by atoms with E-state index >= 15 is 0 Å². The van der Waals surface area contributed by atoms with E-state index in [0.29, 0.717) is 6.04 Å². The Balaban J connectivity index is 2.71. The zero-order chi connectivity index (χ0) is 12.0. The summed E-state index contributed by atoms with van der Waals surface area (Å²) in [6, 6.07) is 6.54. The molecular formula is C13H21NO2. The van der Waals surface area contributed by atoms with Gasteiger partial charge in [0.1, 0.15) is 11.5 Å². The maximum Gasteiger partial charge on any atom is 0.122 e. The lowest BCUT2D eigenvalue weighted by Gasteiger charge is -2.11. The van der Waals surface area contributed by atoms with Crippen molar-refractivity contribution in [2.75, 3.05) is 21.3 Å². The van der Waals surface area contributed by atoms with E-state index in [-0.39, 0.29) is 0 Å². The van der Waals surface area contributed by atoms with Gasteiger partial charge in [0.25, 0.3) is 0 Å². The Morgan fingerprint density at radius 1 is 1.12 bits per heavy atom. The fraction of sp³-hybridized carbons (Fsp3) is 0.538. The van der Waals surface area contributed by atoms with E-state index in [1.807, 2.05) is 13.1 Å². The summed E-state index contributed by atoms with van der Waals surface area (Å²) in [5.41, 5.74) is 1.25. The van der Waals surface area contributed by atoms with Crippen molar-refractivity contribution in [1.29, 1.82) is 0 Å². The van der Waals surface area contributed by atoms with Gasteiger partial charge in [-0.3, -0.25) is 0 Å². The molecule has 0 radical (unpaired) electrons. The highest BCUT2D eigenvalue weighted by atomic mass is 16.5. The Kier molecular flexibility index (Phi) is 5.12. The molecule has 1 aromatic rings. The standard InChI is InChI=1S/C13H21NO2/c1-10(14-2)5-6-11-7-12(15-3)9-13(8-11)16-4/h7-10,14H,5-6H2,1-4H3. The molecule has 0 amide bonds. The second kappa shape index (κ2) is 6.38. The van der Waals surface area contributed by atoms with Crippen molar-refractivity contribution >= 4 is 0 Å². The van der Waals surface area contributed by atoms with Crippen LogP contribution in [0.4, 0.5) is 0 Å². The molecule has 0 bridgehead atoms. The van der Waals surface area contributed by atoms with E-state index in [9.17, 15) is 0 Å². The molecule has 0 aliphatic carbocycles. The van der Waals surface area contributed by atoms with Crippen molar-refractivity contribution in [2.45, 2.75) is 25.8 Å². The number of hydrogen-bond donors (Lipinski definition) is 1. The monoisotopic (exact) mass is 223 g/mol. The first-order valence-corrected chi connectivity index (χ1v) is 5.58. The molecule has 1 N–H and O–H groups in total. The van der Waals surface area contributed by atoms with Gasteiger partial charge in [0.15, 0.2) is 0 Å². The van der Waals surface area contributed by atoms with Gasteiger partial charge in [-0.05, 0) is 44.5 Å². The van der Waals surface area contributed by atoms with Crippen molar-refractivity contribution in [3.05, 3.63) is 23.8 Å². The smallest absolute Gasteiger partial charge is 0.122 e. The van der Waals surface area contributed by atoms with Crippen LogP contribution in [0.3, 0.4) is 0 Å². The number of hydrogen-bond acceptors (Lipinski definition) is 3. The predicted octanol–water partition coefficient (Wildman–Crippen LogP) is 2.24. The summed E-state index contributed by atoms with van der Waals surface area (Å²) in [7, 11) is 5.33. The lowest BCUT2D eigenvalue weighted by Crippen LogP contribution is -2.21. The van der Waals surface area contributed by atoms with Crippen LogP contribution in [-0.4, -0.2) is 27.3 Å². The van der Waals surface area contributed by atoms with Gasteiger partial charge in [-0.25, -0.2) is 0 Å². The summed E-state index contributed by atoms with van der Waals surface area (Å²) in [5, 5.41) is 3.23. The predicted molar refractivity (Wildman–Crippen MR) is 66.4 cm³/mol. The Morgan fingerprint density at radius 3 is 2.12 bits per heavy atom. The molecule has 90 valence electrons. The van der Waals surface area contributed by atoms with Crippen LogP contribution in [-0.2, 0) is 6.42 Å². The summed E-state index contributed by atoms with van der Waals surface area (Å²) in [4.78, 5) is 0. The summed E-state index contributed by atoms with van der Waals surface area (Å²) in [5.74, 6) is 1.71. The Labute approximate surface area is 97.8 Å². The molecule has 1 unspecified atom stereocenters. The average molecular weight is 223 g/mol. The molecule has 0 spiro atoms. The molecule has 1 rings (SSSR count). The summed E-state index contributed by atoms with van der Waals surface area (Å²) >= 11 is 0. The molecule has 0 heterocycles. The largest absolute Gasteiger partial charge is 0.497 e. The fourth-order valence-electron chi connectivity index (χ4n) is 1.54. The number of ether oxygens (including phenoxy) is 2. The average Bonchev–Trinajstić information content (AvgIpc) is 2.35. The van der Waals surface area contributed by atoms with E-state index in [0.717, 1.165) is 24.3 Å². The van der Waals surface area contributed by atoms with Crippen molar-refractivity contribution in [3.8, 4) is 11.5 Å². The van der Waals surface area contributed by atoms with E-state index in [1.165, 1.54) is 5.56 Å². The van der Waals surface area contributed by atoms with Crippen LogP contribution in [0.2, 0.25) is 0 Å². The normalized spacial score (nSPS) is 12.2. The van der Waals surface area contributed by atoms with Crippen LogP contribution in [0.1, 0.15) is 18.9 Å². The maximum atomic E-state index is 5.23. The Bertz CT molecular complexity index is 303. The van der Waals surface area contributed by atoms with Crippen LogP contribution in [0, 0.1) is 0 Å². The highest BCUT2D eigenvalue weighted by Crippen LogP contribution is 2.23. The molecular weight excluding hydrogens is 202 g/mol. The van der Waals surface area contributed by atoms with E-state index in [1.54, 1.807) is 14.2 Å². The molecule has 0 aliphatic rings. The minimum Gasteiger partial charge on any atom is -0.497 e. The third kappa shape index (κ3) is 3.74. The van der Waals surface area contributed by atoms with Gasteiger partial charge < -0.3 is 14.8 Å². The second-order valence-corrected chi connectivity index (χ2v) is 3.95. The number of benzene rings is 1. The zero-order valence-corrected chi connectivity index (χ0v) is 10.5. The van der Waals surface area contributed by atoms with Gasteiger partial charge in [-0.2, -0.15) is 0 Å². The molecule has 0 saturated carbocycles. The van der Waals surface area contributed by atoms with Gasteiger partial charge in [0, 0.05) is 12.1 Å². The van der Waals surface area contributed by atoms with E-state index in [4.69, 9.17) is 9.47 Å². The third-order valence-electron chi connectivity index (χ3n) is 2.77. The van der Waals surface area contributed by atoms with Crippen LogP contribution in [0.25, 0.3) is 0 Å². The highest BCUT2D eigenvalue weighted by molar-refractivity contribution is 5.38. The molecule has 0 aromatic heterocycles. The van der Waals surface area contributed by atoms with E-state index in [2.05, 4.69) is 24.4 Å². The summed E-state index contributed by atoms with van der Waals surface area (Å²) in [6.45, 7) is 2.18. The molecule has 3 heteroatoms. The lowest BCUT2D eigenvalue weighted by atomic mass is 10.1. The van der Waals surface area contributed by atoms with Gasteiger partial charge in [0.05, 0.1) is 14.2 Å². The van der Waals surface area contributed by atoms with Crippen LogP contribution in [0.15, 0.2) is 18.2 Å². The van der Waals surface area contributed by atoms with Gasteiger partial charge in [-0.1, -0.05) is 0 Å². The molecule has 0 saturated heterocycles. The van der Waals surface area contributed by atoms with Crippen molar-refractivity contribution in [1.82, 2.24) is 5.32 Å². The minimum atomic E-state index is 0.525. The zero-order valence-electron chi connectivity index (χ0n) is 10.5. The molecule has 16 heavy (non-hydrogen) atoms. The maximum absolute atomic E-state index is 5.23. The van der Waals surface area contributed by atoms with Gasteiger partial charge in [-0.15, -0.1) is 0 Å². The summed E-state index contributed by atoms with van der Waals surface area (Å²) in [6.07, 6.45) is 2.13. The van der Waals surface area contributed by atoms with Crippen LogP contribution >= 0.6 is 0 Å². The number of methoxy groups -OCH3 is 2. The van der Waals surface area contributed by atoms with Gasteiger partial charge >= 0.3 is 0 Å². The van der Waals surface area contributed by atoms with E-state index < -0.39 is 0 Å². The molecule has 0 fully saturated rings. The number of nitrogens with one attached hydrogen (secondary N) is 1. The molecule has 3 nitrogen and oxygen atoms in total. The topological polar surface area (TPSA) is 30.5 Å². The Hall–Kier alpha value is -1.22. The minimum absolute atomic E-state index is 0.525. The van der Waals surface area contributed by atoms with Crippen LogP contribution in [0.5, 0.6) is 11.5 Å². The SMILES string of the molecule is CNC(C)CCc1cc(OC)cc(OC)c1. The molecule has 1 aromatic carbocycles. The van der Waals surface area contributed by atoms with Crippen LogP contribution < -0.4 is 14.8 Å². The fourth-order valence-corrected chi connectivity index (χ4v) is 1.54. The quantitative estimate of drug-likeness (QED) is 0.802. The molecule has 0 aliphatic heterocycles. The van der Waals surface area contributed by atoms with Gasteiger partial charge in [0.2, 0.25) is 0 Å². The first-order chi connectivity index (χ1) is 7.69. The highest BCUT2D eigenvalue weighted by Gasteiger charge is 2.04. The third-order valence-corrected chi connectivity index (χ3v) is 2.77. The lowest BCUT2D eigenvalue weighted by molar-refractivity contribution is 0.393. The Morgan fingerprint density at radius 2 is 1.69 bits per heavy atom. The number of aryl methyl sites for hydroxylation is 1.